The van der Waals surface area contributed by atoms with Crippen molar-refractivity contribution in [2.45, 2.75) is 6.92 Å². The van der Waals surface area contributed by atoms with Gasteiger partial charge in [-0.05, 0) is 124 Å². The van der Waals surface area contributed by atoms with E-state index in [0.29, 0.717) is 39.4 Å². The molecular weight excluding hydrogens is 917 g/mol. The third kappa shape index (κ3) is 7.76. The molecule has 75 heavy (non-hydrogen) atoms. The first-order valence-corrected chi connectivity index (χ1v) is 24.0. The van der Waals surface area contributed by atoms with Crippen molar-refractivity contribution < 1.29 is 0 Å². The highest BCUT2D eigenvalue weighted by Crippen LogP contribution is 2.44. The van der Waals surface area contributed by atoms with Crippen molar-refractivity contribution in [1.29, 1.82) is 15.8 Å². The Morgan fingerprint density at radius 1 is 0.333 bits per heavy atom. The van der Waals surface area contributed by atoms with Crippen LogP contribution in [0.15, 0.2) is 200 Å². The van der Waals surface area contributed by atoms with E-state index in [1.807, 2.05) is 122 Å². The van der Waals surface area contributed by atoms with Crippen LogP contribution in [0.1, 0.15) is 22.3 Å². The average Bonchev–Trinajstić information content (AvgIpc) is 4.05. The number of nitrogens with zero attached hydrogens (tertiary/aromatic N) is 8. The molecule has 0 atom stereocenters. The number of fused-ring (bicyclic) bond motifs is 6. The lowest BCUT2D eigenvalue weighted by atomic mass is 9.97. The predicted octanol–water partition coefficient (Wildman–Crippen LogP) is 17.8. The fraction of sp³-hybridized carbons (Fsp3) is 0.0149. The van der Waals surface area contributed by atoms with Crippen LogP contribution in [0.2, 0.25) is 0 Å². The molecule has 344 valence electrons. The Hall–Kier alpha value is -11.3. The maximum Gasteiger partial charge on any atom is 0.188 e. The minimum Gasteiger partial charge on any atom is -0.309 e. The van der Waals surface area contributed by atoms with Crippen molar-refractivity contribution in [1.82, 2.24) is 9.13 Å². The summed E-state index contributed by atoms with van der Waals surface area (Å²) < 4.78 is 4.40. The van der Waals surface area contributed by atoms with Crippen molar-refractivity contribution in [3.05, 3.63) is 257 Å². The predicted molar refractivity (Wildman–Crippen MR) is 300 cm³/mol. The van der Waals surface area contributed by atoms with Crippen LogP contribution in [0.3, 0.4) is 0 Å². The molecule has 0 spiro atoms. The van der Waals surface area contributed by atoms with Crippen molar-refractivity contribution >= 4 is 60.7 Å². The molecule has 8 heteroatoms. The Kier molecular flexibility index (Phi) is 10.9. The molecule has 0 amide bonds. The molecule has 0 saturated heterocycles. The second-order valence-corrected chi connectivity index (χ2v) is 18.5. The van der Waals surface area contributed by atoms with E-state index in [1.54, 1.807) is 0 Å². The van der Waals surface area contributed by atoms with E-state index < -0.39 is 0 Å². The second kappa shape index (κ2) is 18.2. The van der Waals surface area contributed by atoms with E-state index in [1.165, 1.54) is 0 Å². The maximum atomic E-state index is 11.6. The molecule has 0 fully saturated rings. The number of hydrogen-bond donors (Lipinski definition) is 0. The average molecular weight is 953 g/mol. The highest BCUT2D eigenvalue weighted by Gasteiger charge is 2.24. The Labute approximate surface area is 432 Å². The fourth-order valence-electron chi connectivity index (χ4n) is 10.5. The molecule has 10 aromatic carbocycles. The van der Waals surface area contributed by atoms with Crippen LogP contribution < -0.4 is 0 Å². The van der Waals surface area contributed by atoms with E-state index in [9.17, 15) is 15.8 Å². The van der Waals surface area contributed by atoms with E-state index >= 15 is 0 Å². The van der Waals surface area contributed by atoms with Gasteiger partial charge in [0, 0.05) is 27.1 Å². The van der Waals surface area contributed by atoms with Gasteiger partial charge in [0.15, 0.2) is 17.1 Å². The van der Waals surface area contributed by atoms with Crippen LogP contribution in [-0.4, -0.2) is 9.13 Å². The fourth-order valence-corrected chi connectivity index (χ4v) is 10.5. The summed E-state index contributed by atoms with van der Waals surface area (Å²) >= 11 is 0. The normalized spacial score (nSPS) is 10.9. The maximum absolute atomic E-state index is 11.6. The first kappa shape index (κ1) is 44.9. The van der Waals surface area contributed by atoms with Crippen LogP contribution >= 0.6 is 0 Å². The molecule has 0 aliphatic heterocycles. The van der Waals surface area contributed by atoms with E-state index in [2.05, 4.69) is 127 Å². The largest absolute Gasteiger partial charge is 0.309 e. The lowest BCUT2D eigenvalue weighted by molar-refractivity contribution is 1.14. The molecule has 0 aliphatic carbocycles. The molecular formula is C67H36N8. The number of aromatic nitrogens is 2. The summed E-state index contributed by atoms with van der Waals surface area (Å²) in [5, 5.41) is 34.8. The SMILES string of the molecule is [C-]#[N+]c1ccc(-c2ccc3c4ccc(-c5ccc(C#N)cc5)cc4n(-c4cc(-c5cc(C)cc([N+]#[C-])c5)c(-n5c6cc(-c7ccc(C#N)cc7)ccc6c6ccc(-c7ccc([N+]#[C-])cc7)cc65)cc4C#N)c3c2)cc1. The molecule has 0 saturated carbocycles. The summed E-state index contributed by atoms with van der Waals surface area (Å²) in [5.74, 6) is 0. The van der Waals surface area contributed by atoms with Crippen molar-refractivity contribution in [2.75, 3.05) is 0 Å². The van der Waals surface area contributed by atoms with E-state index in [0.717, 1.165) is 110 Å². The van der Waals surface area contributed by atoms with Crippen LogP contribution in [-0.2, 0) is 0 Å². The Morgan fingerprint density at radius 3 is 1.05 bits per heavy atom. The number of nitriles is 3. The van der Waals surface area contributed by atoms with Gasteiger partial charge in [-0.3, -0.25) is 0 Å². The molecule has 12 aromatic rings. The highest BCUT2D eigenvalue weighted by molar-refractivity contribution is 6.13. The molecule has 0 radical (unpaired) electrons. The monoisotopic (exact) mass is 952 g/mol. The quantitative estimate of drug-likeness (QED) is 0.149. The summed E-state index contributed by atoms with van der Waals surface area (Å²) in [6.45, 7) is 25.3. The van der Waals surface area contributed by atoms with E-state index in [4.69, 9.17) is 19.7 Å². The molecule has 0 bridgehead atoms. The third-order valence-corrected chi connectivity index (χ3v) is 14.1. The zero-order valence-corrected chi connectivity index (χ0v) is 40.1. The summed E-state index contributed by atoms with van der Waals surface area (Å²) in [4.78, 5) is 11.2. The number of aryl methyl sites for hydroxylation is 1. The minimum atomic E-state index is 0.408. The molecule has 0 aliphatic rings. The van der Waals surface area contributed by atoms with Crippen molar-refractivity contribution in [3.8, 4) is 85.2 Å². The summed E-state index contributed by atoms with van der Waals surface area (Å²) in [7, 11) is 0. The van der Waals surface area contributed by atoms with Gasteiger partial charge in [-0.1, -0.05) is 139 Å². The van der Waals surface area contributed by atoms with Gasteiger partial charge < -0.3 is 9.13 Å². The molecule has 0 unspecified atom stereocenters. The van der Waals surface area contributed by atoms with Gasteiger partial charge in [-0.2, -0.15) is 15.8 Å². The van der Waals surface area contributed by atoms with Gasteiger partial charge in [-0.15, -0.1) is 0 Å². The van der Waals surface area contributed by atoms with Gasteiger partial charge in [-0.25, -0.2) is 14.5 Å². The first-order chi connectivity index (χ1) is 36.7. The lowest BCUT2D eigenvalue weighted by Gasteiger charge is -2.20. The summed E-state index contributed by atoms with van der Waals surface area (Å²) in [6, 6.07) is 72.7. The van der Waals surface area contributed by atoms with Gasteiger partial charge in [0.2, 0.25) is 0 Å². The lowest BCUT2D eigenvalue weighted by Crippen LogP contribution is -2.04. The Bertz CT molecular complexity index is 4400. The first-order valence-electron chi connectivity index (χ1n) is 24.0. The van der Waals surface area contributed by atoms with Gasteiger partial charge in [0.1, 0.15) is 6.07 Å². The molecule has 2 aromatic heterocycles. The summed E-state index contributed by atoms with van der Waals surface area (Å²) in [5.41, 5.74) is 18.0. The standard InChI is InChI=1S/C67H36N8/c1-41-29-52(31-56(30-41)73-4)61-37-62(74-63-32-48(44-9-5-42(38-68)6-10-44)17-25-57(63)58-26-19-50(33-64(58)74)46-13-21-54(71-2)22-14-46)53(40-70)36-67(61)75-65-34-49(45-11-7-43(39-69)8-12-45)18-27-59(65)60-28-20-51(35-66(60)75)47-15-23-55(72-3)24-16-47/h5-37H,1H3. The molecule has 0 N–H and O–H groups in total. The van der Waals surface area contributed by atoms with Crippen LogP contribution in [0, 0.1) is 60.6 Å². The van der Waals surface area contributed by atoms with Crippen molar-refractivity contribution in [3.63, 3.8) is 0 Å². The number of benzene rings is 10. The van der Waals surface area contributed by atoms with Crippen LogP contribution in [0.5, 0.6) is 0 Å². The van der Waals surface area contributed by atoms with Gasteiger partial charge >= 0.3 is 0 Å². The van der Waals surface area contributed by atoms with Gasteiger partial charge in [0.25, 0.3) is 0 Å². The van der Waals surface area contributed by atoms with Crippen LogP contribution in [0.25, 0.3) is 125 Å². The Morgan fingerprint density at radius 2 is 0.693 bits per heavy atom. The zero-order valence-electron chi connectivity index (χ0n) is 40.1. The second-order valence-electron chi connectivity index (χ2n) is 18.5. The molecule has 12 rings (SSSR count). The molecule has 2 heterocycles. The van der Waals surface area contributed by atoms with Crippen molar-refractivity contribution in [2.24, 2.45) is 0 Å². The summed E-state index contributed by atoms with van der Waals surface area (Å²) in [6.07, 6.45) is 0. The molecule has 8 nitrogen and oxygen atoms in total. The zero-order chi connectivity index (χ0) is 51.3. The number of hydrogen-bond acceptors (Lipinski definition) is 3. The van der Waals surface area contributed by atoms with E-state index in [-0.39, 0.29) is 0 Å². The smallest absolute Gasteiger partial charge is 0.188 e. The topological polar surface area (TPSA) is 94.3 Å². The highest BCUT2D eigenvalue weighted by atomic mass is 15.0. The third-order valence-electron chi connectivity index (χ3n) is 14.1. The van der Waals surface area contributed by atoms with Crippen LogP contribution in [0.4, 0.5) is 17.1 Å². The minimum absolute atomic E-state index is 0.408. The Balaban J connectivity index is 1.19. The number of rotatable bonds is 7. The van der Waals surface area contributed by atoms with Gasteiger partial charge in [0.05, 0.1) is 82.0 Å².